The predicted octanol–water partition coefficient (Wildman–Crippen LogP) is 0.484. The molecular weight excluding hydrogens is 237 g/mol. The molecule has 1 aromatic rings. The van der Waals surface area contributed by atoms with Gasteiger partial charge in [-0.1, -0.05) is 6.07 Å². The molecule has 5 nitrogen and oxygen atoms in total. The number of halogens is 1. The minimum Gasteiger partial charge on any atom is -0.322 e. The molecule has 18 heavy (non-hydrogen) atoms. The molecule has 1 aromatic carbocycles. The van der Waals surface area contributed by atoms with Gasteiger partial charge in [0.15, 0.2) is 0 Å². The molecule has 0 unspecified atom stereocenters. The fourth-order valence-electron chi connectivity index (χ4n) is 2.04. The van der Waals surface area contributed by atoms with E-state index in [1.54, 1.807) is 6.07 Å². The van der Waals surface area contributed by atoms with E-state index in [2.05, 4.69) is 0 Å². The Labute approximate surface area is 104 Å². The second-order valence-electron chi connectivity index (χ2n) is 4.06. The summed E-state index contributed by atoms with van der Waals surface area (Å²) in [7, 11) is 1.50. The number of para-hydroxylation sites is 1. The van der Waals surface area contributed by atoms with Crippen LogP contribution in [0.3, 0.4) is 0 Å². The van der Waals surface area contributed by atoms with Crippen molar-refractivity contribution >= 4 is 23.2 Å². The van der Waals surface area contributed by atoms with Gasteiger partial charge in [-0.25, -0.2) is 4.39 Å². The van der Waals surface area contributed by atoms with Crippen LogP contribution in [0, 0.1) is 5.82 Å². The van der Waals surface area contributed by atoms with Crippen molar-refractivity contribution in [3.63, 3.8) is 0 Å². The van der Waals surface area contributed by atoms with Crippen LogP contribution in [0.1, 0.15) is 6.42 Å². The maximum Gasteiger partial charge on any atom is 0.240 e. The Morgan fingerprint density at radius 3 is 2.89 bits per heavy atom. The summed E-state index contributed by atoms with van der Waals surface area (Å²) in [5.41, 5.74) is 5.85. The van der Waals surface area contributed by atoms with E-state index in [0.717, 1.165) is 0 Å². The Bertz CT molecular complexity index is 504. The minimum absolute atomic E-state index is 0.127. The van der Waals surface area contributed by atoms with Gasteiger partial charge >= 0.3 is 0 Å². The molecule has 6 heteroatoms. The molecule has 0 atom stereocenters. The third kappa shape index (κ3) is 1.95. The number of carbonyl (C=O) groups excluding carboxylic acids is 2. The zero-order chi connectivity index (χ0) is 13.3. The lowest BCUT2D eigenvalue weighted by molar-refractivity contribution is -0.118. The number of hydrogen-bond donors (Lipinski definition) is 1. The molecule has 0 spiro atoms. The molecule has 0 aliphatic carbocycles. The molecular formula is C12H14FN3O2. The Kier molecular flexibility index (Phi) is 3.29. The molecule has 1 aliphatic heterocycles. The quantitative estimate of drug-likeness (QED) is 0.789. The summed E-state index contributed by atoms with van der Waals surface area (Å²) in [6.45, 7) is 0.0452. The van der Waals surface area contributed by atoms with Gasteiger partial charge < -0.3 is 15.5 Å². The van der Waals surface area contributed by atoms with Gasteiger partial charge in [-0.2, -0.15) is 0 Å². The zero-order valence-corrected chi connectivity index (χ0v) is 10.0. The van der Waals surface area contributed by atoms with Crippen molar-refractivity contribution in [1.82, 2.24) is 0 Å². The fraction of sp³-hybridized carbons (Fsp3) is 0.333. The molecule has 96 valence electrons. The Hall–Kier alpha value is -1.95. The monoisotopic (exact) mass is 251 g/mol. The smallest absolute Gasteiger partial charge is 0.240 e. The third-order valence-corrected chi connectivity index (χ3v) is 2.99. The van der Waals surface area contributed by atoms with Crippen LogP contribution in [0.5, 0.6) is 0 Å². The molecule has 0 saturated heterocycles. The van der Waals surface area contributed by atoms with Gasteiger partial charge in [-0.05, 0) is 12.1 Å². The lowest BCUT2D eigenvalue weighted by Gasteiger charge is -2.23. The molecule has 0 radical (unpaired) electrons. The Balaban J connectivity index is 2.58. The zero-order valence-electron chi connectivity index (χ0n) is 10.0. The first-order valence-electron chi connectivity index (χ1n) is 5.61. The maximum atomic E-state index is 13.9. The number of nitrogens with zero attached hydrogens (tertiary/aromatic N) is 2. The number of amides is 2. The van der Waals surface area contributed by atoms with Gasteiger partial charge in [-0.3, -0.25) is 9.59 Å². The van der Waals surface area contributed by atoms with Crippen LogP contribution in [-0.2, 0) is 9.59 Å². The normalized spacial score (nSPS) is 15.4. The molecule has 2 rings (SSSR count). The summed E-state index contributed by atoms with van der Waals surface area (Å²) in [4.78, 5) is 26.1. The molecule has 2 amide bonds. The van der Waals surface area contributed by atoms with Crippen LogP contribution in [0.25, 0.3) is 0 Å². The highest BCUT2D eigenvalue weighted by Crippen LogP contribution is 2.34. The molecule has 0 aromatic heterocycles. The highest BCUT2D eigenvalue weighted by Gasteiger charge is 2.28. The van der Waals surface area contributed by atoms with E-state index in [9.17, 15) is 14.0 Å². The van der Waals surface area contributed by atoms with Gasteiger partial charge in [0.05, 0.1) is 12.2 Å². The number of carbonyl (C=O) groups is 2. The summed E-state index contributed by atoms with van der Waals surface area (Å²) in [6, 6.07) is 4.38. The van der Waals surface area contributed by atoms with Gasteiger partial charge in [-0.15, -0.1) is 0 Å². The molecule has 0 fully saturated rings. The highest BCUT2D eigenvalue weighted by atomic mass is 19.1. The van der Waals surface area contributed by atoms with E-state index in [0.29, 0.717) is 5.69 Å². The molecule has 1 heterocycles. The lowest BCUT2D eigenvalue weighted by Crippen LogP contribution is -2.36. The first-order valence-corrected chi connectivity index (χ1v) is 5.61. The maximum absolute atomic E-state index is 13.9. The van der Waals surface area contributed by atoms with Gasteiger partial charge in [0.2, 0.25) is 11.8 Å². The second kappa shape index (κ2) is 4.73. The van der Waals surface area contributed by atoms with E-state index in [4.69, 9.17) is 5.73 Å². The molecule has 2 N–H and O–H groups in total. The van der Waals surface area contributed by atoms with Crippen molar-refractivity contribution in [2.45, 2.75) is 6.42 Å². The van der Waals surface area contributed by atoms with Crippen molar-refractivity contribution in [1.29, 1.82) is 0 Å². The first kappa shape index (κ1) is 12.5. The van der Waals surface area contributed by atoms with E-state index < -0.39 is 5.82 Å². The summed E-state index contributed by atoms with van der Waals surface area (Å²) in [5, 5.41) is 0. The van der Waals surface area contributed by atoms with E-state index in [1.165, 1.54) is 29.0 Å². The van der Waals surface area contributed by atoms with Crippen molar-refractivity contribution < 1.29 is 14.0 Å². The van der Waals surface area contributed by atoms with Crippen molar-refractivity contribution in [2.24, 2.45) is 5.73 Å². The number of anilines is 2. The van der Waals surface area contributed by atoms with E-state index in [-0.39, 0.29) is 37.0 Å². The number of hydrogen-bond acceptors (Lipinski definition) is 3. The van der Waals surface area contributed by atoms with E-state index >= 15 is 0 Å². The lowest BCUT2D eigenvalue weighted by atomic mass is 10.2. The largest absolute Gasteiger partial charge is 0.322 e. The summed E-state index contributed by atoms with van der Waals surface area (Å²) in [5.74, 6) is -1.08. The number of rotatable bonds is 1. The van der Waals surface area contributed by atoms with Crippen LogP contribution >= 0.6 is 0 Å². The van der Waals surface area contributed by atoms with Crippen molar-refractivity contribution in [3.05, 3.63) is 24.0 Å². The second-order valence-corrected chi connectivity index (χ2v) is 4.06. The van der Waals surface area contributed by atoms with Gasteiger partial charge in [0, 0.05) is 20.0 Å². The van der Waals surface area contributed by atoms with E-state index in [1.807, 2.05) is 0 Å². The van der Waals surface area contributed by atoms with Crippen molar-refractivity contribution in [2.75, 3.05) is 29.9 Å². The first-order chi connectivity index (χ1) is 8.56. The number of fused-ring (bicyclic) bond motifs is 1. The molecule has 0 bridgehead atoms. The van der Waals surface area contributed by atoms with Crippen LogP contribution < -0.4 is 15.5 Å². The van der Waals surface area contributed by atoms with Crippen LogP contribution in [-0.4, -0.2) is 32.0 Å². The summed E-state index contributed by atoms with van der Waals surface area (Å²) in [6.07, 6.45) is 0.149. The Morgan fingerprint density at radius 1 is 1.50 bits per heavy atom. The van der Waals surface area contributed by atoms with Crippen molar-refractivity contribution in [3.8, 4) is 0 Å². The summed E-state index contributed by atoms with van der Waals surface area (Å²) >= 11 is 0. The van der Waals surface area contributed by atoms with Crippen LogP contribution in [0.2, 0.25) is 0 Å². The average molecular weight is 251 g/mol. The number of nitrogens with two attached hydrogens (primary N) is 1. The molecule has 0 saturated carbocycles. The van der Waals surface area contributed by atoms with Crippen LogP contribution in [0.15, 0.2) is 18.2 Å². The highest BCUT2D eigenvalue weighted by molar-refractivity contribution is 6.05. The van der Waals surface area contributed by atoms with Gasteiger partial charge in [0.1, 0.15) is 11.5 Å². The summed E-state index contributed by atoms with van der Waals surface area (Å²) < 4.78 is 13.9. The molecule has 1 aliphatic rings. The SMILES string of the molecule is CN1C(=O)CCN(C(=O)CN)c2cccc(F)c21. The minimum atomic E-state index is -0.528. The standard InChI is InChI=1S/C12H14FN3O2/c1-15-10(17)5-6-16(11(18)7-14)9-4-2-3-8(13)12(9)15/h2-4H,5-7,14H2,1H3. The number of benzene rings is 1. The third-order valence-electron chi connectivity index (χ3n) is 2.99. The predicted molar refractivity (Wildman–Crippen MR) is 65.8 cm³/mol. The van der Waals surface area contributed by atoms with Gasteiger partial charge in [0.25, 0.3) is 0 Å². The topological polar surface area (TPSA) is 66.6 Å². The van der Waals surface area contributed by atoms with Crippen LogP contribution in [0.4, 0.5) is 15.8 Å². The fourth-order valence-corrected chi connectivity index (χ4v) is 2.04. The Morgan fingerprint density at radius 2 is 2.22 bits per heavy atom. The average Bonchev–Trinajstić information content (AvgIpc) is 2.49.